The average molecular weight is 829 g/mol. The van der Waals surface area contributed by atoms with Crippen LogP contribution in [0.1, 0.15) is 126 Å². The second kappa shape index (κ2) is 22.5. The lowest BCUT2D eigenvalue weighted by Gasteiger charge is -2.43. The average Bonchev–Trinajstić information content (AvgIpc) is 3.16. The molecule has 5 aliphatic rings. The molecule has 0 bridgehead atoms. The van der Waals surface area contributed by atoms with Gasteiger partial charge in [-0.25, -0.2) is 0 Å². The van der Waals surface area contributed by atoms with E-state index in [1.54, 1.807) is 0 Å². The molecule has 1 fully saturated rings. The fraction of sp³-hybridized carbons (Fsp3) is 0.745. The Balaban J connectivity index is 0.000000261. The van der Waals surface area contributed by atoms with E-state index in [4.69, 9.17) is 19.3 Å². The first-order chi connectivity index (χ1) is 27.9. The van der Waals surface area contributed by atoms with Crippen LogP contribution in [-0.2, 0) is 33.4 Å². The van der Waals surface area contributed by atoms with E-state index in [9.17, 15) is 39.6 Å². The molecular weight excluding hydrogens is 757 g/mol. The molecule has 59 heavy (non-hydrogen) atoms. The molecule has 16 atom stereocenters. The van der Waals surface area contributed by atoms with Crippen molar-refractivity contribution in [3.8, 4) is 0 Å². The minimum atomic E-state index is -1.10. The Bertz CT molecular complexity index is 1550. The zero-order chi connectivity index (χ0) is 43.6. The lowest BCUT2D eigenvalue weighted by Crippen LogP contribution is -2.43. The van der Waals surface area contributed by atoms with Gasteiger partial charge in [-0.15, -0.1) is 0 Å². The van der Waals surface area contributed by atoms with Crippen LogP contribution in [0.25, 0.3) is 0 Å². The lowest BCUT2D eigenvalue weighted by molar-refractivity contribution is -0.162. The topological polar surface area (TPSA) is 197 Å². The summed E-state index contributed by atoms with van der Waals surface area (Å²) in [4.78, 5) is 47.3. The normalized spacial score (nSPS) is 34.5. The summed E-state index contributed by atoms with van der Waals surface area (Å²) >= 11 is 0. The molecule has 12 nitrogen and oxygen atoms in total. The van der Waals surface area contributed by atoms with Crippen molar-refractivity contribution in [2.75, 3.05) is 0 Å². The number of cyclic esters (lactones) is 1. The van der Waals surface area contributed by atoms with Crippen LogP contribution in [-0.4, -0.2) is 92.1 Å². The van der Waals surface area contributed by atoms with Gasteiger partial charge in [0.15, 0.2) is 0 Å². The van der Waals surface area contributed by atoms with E-state index in [0.717, 1.165) is 31.3 Å². The molecule has 332 valence electrons. The van der Waals surface area contributed by atoms with Crippen molar-refractivity contribution in [3.63, 3.8) is 0 Å². The van der Waals surface area contributed by atoms with Gasteiger partial charge in [0.2, 0.25) is 0 Å². The van der Waals surface area contributed by atoms with Crippen molar-refractivity contribution >= 4 is 23.9 Å². The van der Waals surface area contributed by atoms with Crippen LogP contribution in [0, 0.1) is 53.3 Å². The standard InChI is InChI=1S/C24H36O5.C23H36O7/c1-5-15(3)24(27)29-21-11-14(2)10-17-7-6-16(4)20(23(17)21)9-8-19-12-18(25)13-22(26)28-19;1-4-13(2)23(29)30-20-11-17(25)9-15-6-5-14(3)19(22(15)20)8-7-16(24)10-18(26)12-21(27)28/h6-7,10,14-16,18-21,23,25H,5,8-9,11-13H2,1-4H3;5-6,9,13-14,16-20,22,24-26H,4,7-8,10-12H2,1-3H3,(H,27,28)/t14-,15-,16-,18+,19-,20-,21-,23-;13-,14-,16+,17+,18+,19-,20-,22-/m00/s1. The molecule has 0 saturated carbocycles. The Morgan fingerprint density at radius 1 is 0.780 bits per heavy atom. The van der Waals surface area contributed by atoms with Crippen LogP contribution in [0.5, 0.6) is 0 Å². The minimum Gasteiger partial charge on any atom is -0.481 e. The smallest absolute Gasteiger partial charge is 0.308 e. The van der Waals surface area contributed by atoms with Crippen molar-refractivity contribution in [2.24, 2.45) is 53.3 Å². The predicted molar refractivity (Wildman–Crippen MR) is 222 cm³/mol. The lowest BCUT2D eigenvalue weighted by atomic mass is 9.65. The predicted octanol–water partition coefficient (Wildman–Crippen LogP) is 6.64. The van der Waals surface area contributed by atoms with E-state index < -0.39 is 36.5 Å². The zero-order valence-electron chi connectivity index (χ0n) is 36.3. The molecule has 0 amide bonds. The molecule has 0 aromatic rings. The van der Waals surface area contributed by atoms with E-state index in [1.807, 2.05) is 39.8 Å². The van der Waals surface area contributed by atoms with E-state index in [-0.39, 0.29) is 84.9 Å². The van der Waals surface area contributed by atoms with E-state index in [0.29, 0.717) is 49.9 Å². The maximum Gasteiger partial charge on any atom is 0.308 e. The van der Waals surface area contributed by atoms with Crippen molar-refractivity contribution in [1.82, 2.24) is 0 Å². The van der Waals surface area contributed by atoms with E-state index in [1.165, 1.54) is 5.57 Å². The molecule has 4 aliphatic carbocycles. The van der Waals surface area contributed by atoms with Gasteiger partial charge in [-0.2, -0.15) is 0 Å². The number of allylic oxidation sites excluding steroid dienone is 5. The second-order valence-electron chi connectivity index (χ2n) is 18.2. The number of aliphatic hydroxyl groups excluding tert-OH is 4. The summed E-state index contributed by atoms with van der Waals surface area (Å²) in [6, 6.07) is 0. The van der Waals surface area contributed by atoms with Crippen molar-refractivity contribution in [1.29, 1.82) is 0 Å². The number of aliphatic carboxylic acids is 1. The molecule has 1 saturated heterocycles. The fourth-order valence-corrected chi connectivity index (χ4v) is 9.59. The van der Waals surface area contributed by atoms with Crippen LogP contribution >= 0.6 is 0 Å². The van der Waals surface area contributed by atoms with E-state index in [2.05, 4.69) is 45.1 Å². The summed E-state index contributed by atoms with van der Waals surface area (Å²) in [6.07, 6.45) is 14.3. The Kier molecular flexibility index (Phi) is 18.4. The van der Waals surface area contributed by atoms with Crippen LogP contribution in [0.3, 0.4) is 0 Å². The Hall–Kier alpha value is -3.32. The first-order valence-electron chi connectivity index (χ1n) is 22.2. The molecule has 0 spiro atoms. The highest BCUT2D eigenvalue weighted by Crippen LogP contribution is 2.46. The molecule has 1 aliphatic heterocycles. The molecule has 0 aromatic heterocycles. The van der Waals surface area contributed by atoms with Gasteiger partial charge in [0.25, 0.3) is 0 Å². The molecular formula is C47H72O12. The third-order valence-corrected chi connectivity index (χ3v) is 13.4. The molecule has 0 aromatic carbocycles. The quantitative estimate of drug-likeness (QED) is 0.0824. The number of carbonyl (C=O) groups is 4. The highest BCUT2D eigenvalue weighted by Gasteiger charge is 2.44. The summed E-state index contributed by atoms with van der Waals surface area (Å²) in [5.74, 6) is -0.555. The van der Waals surface area contributed by atoms with Crippen LogP contribution in [0.2, 0.25) is 0 Å². The maximum absolute atomic E-state index is 12.5. The third-order valence-electron chi connectivity index (χ3n) is 13.4. The number of aliphatic hydroxyl groups is 4. The van der Waals surface area contributed by atoms with Gasteiger partial charge in [0.1, 0.15) is 18.3 Å². The Morgan fingerprint density at radius 3 is 1.86 bits per heavy atom. The SMILES string of the molecule is CC[C@H](C)C(=O)O[C@H]1C[C@@H](C)C=C2C=C[C@H](C)[C@H](CC[C@H]3C[C@@H](O)CC(=O)O3)[C@H]21.CC[C@H](C)C(=O)O[C@H]1C[C@H](O)C=C2C=C[C@H](C)[C@H](CC[C@@H](O)C[C@@H](O)CC(=O)O)[C@H]21. The number of carbonyl (C=O) groups excluding carboxylic acids is 3. The van der Waals surface area contributed by atoms with Gasteiger partial charge < -0.3 is 39.7 Å². The number of esters is 3. The zero-order valence-corrected chi connectivity index (χ0v) is 36.3. The summed E-state index contributed by atoms with van der Waals surface area (Å²) in [6.45, 7) is 14.2. The largest absolute Gasteiger partial charge is 0.481 e. The summed E-state index contributed by atoms with van der Waals surface area (Å²) in [5, 5.41) is 49.0. The Morgan fingerprint density at radius 2 is 1.32 bits per heavy atom. The minimum absolute atomic E-state index is 0.0156. The Labute approximate surface area is 351 Å². The third kappa shape index (κ3) is 13.8. The van der Waals surface area contributed by atoms with E-state index >= 15 is 0 Å². The monoisotopic (exact) mass is 829 g/mol. The van der Waals surface area contributed by atoms with Crippen LogP contribution < -0.4 is 0 Å². The van der Waals surface area contributed by atoms with Crippen LogP contribution in [0.4, 0.5) is 0 Å². The maximum atomic E-state index is 12.5. The second-order valence-corrected chi connectivity index (χ2v) is 18.2. The molecule has 0 unspecified atom stereocenters. The van der Waals surface area contributed by atoms with Gasteiger partial charge in [0, 0.05) is 24.7 Å². The van der Waals surface area contributed by atoms with Crippen molar-refractivity contribution in [3.05, 3.63) is 47.6 Å². The van der Waals surface area contributed by atoms with Crippen LogP contribution in [0.15, 0.2) is 47.6 Å². The van der Waals surface area contributed by atoms with Gasteiger partial charge in [-0.05, 0) is 92.1 Å². The first kappa shape index (κ1) is 48.3. The summed E-state index contributed by atoms with van der Waals surface area (Å²) in [5.41, 5.74) is 2.23. The first-order valence-corrected chi connectivity index (χ1v) is 22.2. The molecule has 12 heteroatoms. The number of hydrogen-bond donors (Lipinski definition) is 5. The number of hydrogen-bond acceptors (Lipinski definition) is 11. The van der Waals surface area contributed by atoms with Gasteiger partial charge in [0.05, 0.1) is 49.1 Å². The summed E-state index contributed by atoms with van der Waals surface area (Å²) in [7, 11) is 0. The number of fused-ring (bicyclic) bond motifs is 2. The molecule has 0 radical (unpaired) electrons. The molecule has 1 heterocycles. The number of ether oxygens (including phenoxy) is 3. The van der Waals surface area contributed by atoms with Crippen molar-refractivity contribution in [2.45, 2.75) is 168 Å². The van der Waals surface area contributed by atoms with Gasteiger partial charge in [-0.3, -0.25) is 19.2 Å². The molecule has 5 rings (SSSR count). The van der Waals surface area contributed by atoms with Gasteiger partial charge >= 0.3 is 23.9 Å². The summed E-state index contributed by atoms with van der Waals surface area (Å²) < 4.78 is 17.3. The molecule has 5 N–H and O–H groups in total. The fourth-order valence-electron chi connectivity index (χ4n) is 9.59. The number of carboxylic acids is 1. The highest BCUT2D eigenvalue weighted by atomic mass is 16.6. The highest BCUT2D eigenvalue weighted by molar-refractivity contribution is 5.73. The number of rotatable bonds is 16. The number of carboxylic acid groups (broad SMARTS) is 1. The van der Waals surface area contributed by atoms with Gasteiger partial charge in [-0.1, -0.05) is 84.9 Å². The van der Waals surface area contributed by atoms with Crippen molar-refractivity contribution < 1.29 is 58.9 Å².